The molecule has 8 heteroatoms. The van der Waals surface area contributed by atoms with E-state index in [-0.39, 0.29) is 24.0 Å². The van der Waals surface area contributed by atoms with Gasteiger partial charge in [0.25, 0.3) is 5.91 Å². The number of hydrogen-bond acceptors (Lipinski definition) is 3. The van der Waals surface area contributed by atoms with Gasteiger partial charge in [0, 0.05) is 18.7 Å². The molecular weight excluding hydrogens is 337 g/mol. The molecule has 0 N–H and O–H groups in total. The van der Waals surface area contributed by atoms with E-state index in [1.807, 2.05) is 0 Å². The van der Waals surface area contributed by atoms with Crippen LogP contribution in [-0.4, -0.2) is 29.9 Å². The molecule has 1 aromatic carbocycles. The van der Waals surface area contributed by atoms with E-state index < -0.39 is 17.6 Å². The minimum atomic E-state index is -4.53. The summed E-state index contributed by atoms with van der Waals surface area (Å²) in [6, 6.07) is 7.39. The number of benzene rings is 1. The lowest BCUT2D eigenvalue weighted by Gasteiger charge is -2.27. The van der Waals surface area contributed by atoms with E-state index in [2.05, 4.69) is 0 Å². The third-order valence-corrected chi connectivity index (χ3v) is 3.95. The quantitative estimate of drug-likeness (QED) is 0.846. The van der Waals surface area contributed by atoms with Gasteiger partial charge < -0.3 is 9.32 Å². The maximum Gasteiger partial charge on any atom is 0.416 e. The molecule has 0 aliphatic carbocycles. The van der Waals surface area contributed by atoms with Crippen LogP contribution in [0.25, 0.3) is 0 Å². The van der Waals surface area contributed by atoms with E-state index >= 15 is 0 Å². The zero-order valence-corrected chi connectivity index (χ0v) is 13.1. The maximum absolute atomic E-state index is 13.0. The van der Waals surface area contributed by atoms with Crippen molar-refractivity contribution < 1.29 is 27.2 Å². The van der Waals surface area contributed by atoms with Gasteiger partial charge in [-0.05, 0) is 36.8 Å². The first-order valence-electron chi connectivity index (χ1n) is 7.66. The van der Waals surface area contributed by atoms with Gasteiger partial charge in [-0.15, -0.1) is 0 Å². The number of furan rings is 1. The summed E-state index contributed by atoms with van der Waals surface area (Å²) < 4.78 is 44.0. The fourth-order valence-electron chi connectivity index (χ4n) is 2.67. The second-order valence-electron chi connectivity index (χ2n) is 5.66. The van der Waals surface area contributed by atoms with Crippen LogP contribution in [0, 0.1) is 0 Å². The summed E-state index contributed by atoms with van der Waals surface area (Å²) in [4.78, 5) is 27.1. The first-order valence-corrected chi connectivity index (χ1v) is 7.66. The zero-order valence-electron chi connectivity index (χ0n) is 13.1. The number of nitrogens with zero attached hydrogens (tertiary/aromatic N) is 2. The molecule has 0 radical (unpaired) electrons. The van der Waals surface area contributed by atoms with Crippen molar-refractivity contribution in [2.24, 2.45) is 0 Å². The van der Waals surface area contributed by atoms with Crippen LogP contribution >= 0.6 is 0 Å². The van der Waals surface area contributed by atoms with Gasteiger partial charge in [-0.3, -0.25) is 14.5 Å². The van der Waals surface area contributed by atoms with Crippen molar-refractivity contribution in [2.45, 2.75) is 19.0 Å². The lowest BCUT2D eigenvalue weighted by molar-refractivity contribution is -0.137. The molecule has 2 heterocycles. The summed E-state index contributed by atoms with van der Waals surface area (Å²) in [5.41, 5.74) is -0.814. The maximum atomic E-state index is 13.0. The Morgan fingerprint density at radius 1 is 1.24 bits per heavy atom. The lowest BCUT2D eigenvalue weighted by atomic mass is 10.1. The first kappa shape index (κ1) is 17.1. The van der Waals surface area contributed by atoms with Gasteiger partial charge in [0.15, 0.2) is 5.76 Å². The molecule has 1 aromatic heterocycles. The van der Waals surface area contributed by atoms with Crippen LogP contribution in [0.15, 0.2) is 47.1 Å². The molecule has 0 spiro atoms. The minimum absolute atomic E-state index is 0.0101. The number of carbonyl (C=O) groups excluding carboxylic acids is 2. The molecule has 0 unspecified atom stereocenters. The molecule has 3 rings (SSSR count). The van der Waals surface area contributed by atoms with Crippen LogP contribution in [0.1, 0.15) is 29.0 Å². The largest absolute Gasteiger partial charge is 0.459 e. The van der Waals surface area contributed by atoms with Crippen LogP contribution in [0.5, 0.6) is 0 Å². The molecule has 132 valence electrons. The number of carbonyl (C=O) groups is 2. The molecule has 0 atom stereocenters. The summed E-state index contributed by atoms with van der Waals surface area (Å²) >= 11 is 0. The molecule has 1 fully saturated rings. The summed E-state index contributed by atoms with van der Waals surface area (Å²) in [5, 5.41) is 0. The monoisotopic (exact) mass is 352 g/mol. The second kappa shape index (κ2) is 6.62. The average molecular weight is 352 g/mol. The Kier molecular flexibility index (Phi) is 4.52. The summed E-state index contributed by atoms with van der Waals surface area (Å²) in [7, 11) is 0. The number of rotatable bonds is 4. The highest BCUT2D eigenvalue weighted by Crippen LogP contribution is 2.32. The minimum Gasteiger partial charge on any atom is -0.459 e. The van der Waals surface area contributed by atoms with Gasteiger partial charge in [-0.1, -0.05) is 6.07 Å². The fourth-order valence-corrected chi connectivity index (χ4v) is 2.67. The van der Waals surface area contributed by atoms with E-state index in [0.717, 1.165) is 17.0 Å². The SMILES string of the molecule is O=C1CCCN1CN(C(=O)c1ccco1)c1cccc(C(F)(F)F)c1. The molecule has 1 aliphatic heterocycles. The van der Waals surface area contributed by atoms with Gasteiger partial charge in [-0.2, -0.15) is 13.2 Å². The van der Waals surface area contributed by atoms with Crippen LogP contribution in [0.4, 0.5) is 18.9 Å². The Bertz CT molecular complexity index is 772. The van der Waals surface area contributed by atoms with E-state index in [0.29, 0.717) is 19.4 Å². The van der Waals surface area contributed by atoms with Crippen molar-refractivity contribution in [1.82, 2.24) is 4.90 Å². The number of hydrogen-bond donors (Lipinski definition) is 0. The molecular formula is C17H15F3N2O3. The van der Waals surface area contributed by atoms with Crippen molar-refractivity contribution in [2.75, 3.05) is 18.1 Å². The molecule has 2 aromatic rings. The summed E-state index contributed by atoms with van der Waals surface area (Å²) in [6.45, 7) is 0.333. The molecule has 2 amide bonds. The van der Waals surface area contributed by atoms with E-state index in [4.69, 9.17) is 4.42 Å². The number of alkyl halides is 3. The van der Waals surface area contributed by atoms with Gasteiger partial charge >= 0.3 is 6.18 Å². The highest BCUT2D eigenvalue weighted by molar-refractivity contribution is 6.04. The Morgan fingerprint density at radius 2 is 2.04 bits per heavy atom. The Labute approximate surface area is 141 Å². The van der Waals surface area contributed by atoms with Crippen molar-refractivity contribution in [3.05, 3.63) is 54.0 Å². The van der Waals surface area contributed by atoms with Crippen LogP contribution in [0.2, 0.25) is 0 Å². The molecule has 0 saturated carbocycles. The van der Waals surface area contributed by atoms with Gasteiger partial charge in [0.05, 0.1) is 11.8 Å². The third-order valence-electron chi connectivity index (χ3n) is 3.95. The van der Waals surface area contributed by atoms with Gasteiger partial charge in [-0.25, -0.2) is 0 Å². The van der Waals surface area contributed by atoms with E-state index in [1.54, 1.807) is 0 Å². The smallest absolute Gasteiger partial charge is 0.416 e. The lowest BCUT2D eigenvalue weighted by Crippen LogP contribution is -2.42. The second-order valence-corrected chi connectivity index (χ2v) is 5.66. The number of halogens is 3. The third kappa shape index (κ3) is 3.67. The summed E-state index contributed by atoms with van der Waals surface area (Å²) in [6.07, 6.45) is -2.20. The van der Waals surface area contributed by atoms with Crippen molar-refractivity contribution in [1.29, 1.82) is 0 Å². The van der Waals surface area contributed by atoms with E-state index in [9.17, 15) is 22.8 Å². The average Bonchev–Trinajstić information content (AvgIpc) is 3.23. The van der Waals surface area contributed by atoms with Crippen LogP contribution in [-0.2, 0) is 11.0 Å². The molecule has 25 heavy (non-hydrogen) atoms. The van der Waals surface area contributed by atoms with Crippen LogP contribution < -0.4 is 4.90 Å². The number of amides is 2. The standard InChI is InChI=1S/C17H15F3N2O3/c18-17(19,20)12-4-1-5-13(10-12)22(11-21-8-2-7-15(21)23)16(24)14-6-3-9-25-14/h1,3-6,9-10H,2,7-8,11H2. The molecule has 5 nitrogen and oxygen atoms in total. The van der Waals surface area contributed by atoms with Crippen molar-refractivity contribution in [3.8, 4) is 0 Å². The Balaban J connectivity index is 1.96. The summed E-state index contributed by atoms with van der Waals surface area (Å²) in [5.74, 6) is -0.752. The predicted octanol–water partition coefficient (Wildman–Crippen LogP) is 3.53. The predicted molar refractivity (Wildman–Crippen MR) is 82.8 cm³/mol. The van der Waals surface area contributed by atoms with Crippen LogP contribution in [0.3, 0.4) is 0 Å². The first-order chi connectivity index (χ1) is 11.9. The number of likely N-dealkylation sites (tertiary alicyclic amines) is 1. The van der Waals surface area contributed by atoms with Gasteiger partial charge in [0.2, 0.25) is 5.91 Å². The number of anilines is 1. The highest BCUT2D eigenvalue weighted by atomic mass is 19.4. The van der Waals surface area contributed by atoms with Crippen molar-refractivity contribution >= 4 is 17.5 Å². The zero-order chi connectivity index (χ0) is 18.0. The molecule has 0 bridgehead atoms. The Hall–Kier alpha value is -2.77. The highest BCUT2D eigenvalue weighted by Gasteiger charge is 2.32. The topological polar surface area (TPSA) is 53.8 Å². The fraction of sp³-hybridized carbons (Fsp3) is 0.294. The van der Waals surface area contributed by atoms with Crippen molar-refractivity contribution in [3.63, 3.8) is 0 Å². The normalized spacial score (nSPS) is 14.8. The molecule has 1 aliphatic rings. The van der Waals surface area contributed by atoms with E-state index in [1.165, 1.54) is 35.4 Å². The molecule has 1 saturated heterocycles. The van der Waals surface area contributed by atoms with Gasteiger partial charge in [0.1, 0.15) is 6.67 Å². The Morgan fingerprint density at radius 3 is 2.64 bits per heavy atom.